The molecular formula is C24H28N2O4. The molecule has 0 N–H and O–H groups in total. The fraction of sp³-hybridized carbons (Fsp3) is 0.417. The molecule has 158 valence electrons. The third kappa shape index (κ3) is 2.82. The van der Waals surface area contributed by atoms with Crippen molar-refractivity contribution in [1.82, 2.24) is 5.06 Å². The molecule has 0 aliphatic carbocycles. The van der Waals surface area contributed by atoms with Gasteiger partial charge in [0, 0.05) is 12.7 Å². The Morgan fingerprint density at radius 2 is 1.73 bits per heavy atom. The SMILES string of the molecule is CCOC(=O)C[C@]12c3ccccc3N(C)[C@H]1N(OCc1ccccc1)C(=O)C2(C)C. The first kappa shape index (κ1) is 20.4. The summed E-state index contributed by atoms with van der Waals surface area (Å²) in [6.45, 7) is 6.19. The summed E-state index contributed by atoms with van der Waals surface area (Å²) >= 11 is 0. The first-order valence-corrected chi connectivity index (χ1v) is 10.3. The molecule has 2 aromatic carbocycles. The molecule has 0 radical (unpaired) electrons. The van der Waals surface area contributed by atoms with Gasteiger partial charge in [0.25, 0.3) is 5.91 Å². The van der Waals surface area contributed by atoms with Crippen molar-refractivity contribution in [2.75, 3.05) is 18.6 Å². The molecule has 2 heterocycles. The van der Waals surface area contributed by atoms with Gasteiger partial charge in [0.2, 0.25) is 0 Å². The van der Waals surface area contributed by atoms with Crippen LogP contribution < -0.4 is 4.90 Å². The van der Waals surface area contributed by atoms with Crippen molar-refractivity contribution in [3.8, 4) is 0 Å². The van der Waals surface area contributed by atoms with Crippen LogP contribution in [0.2, 0.25) is 0 Å². The van der Waals surface area contributed by atoms with Crippen molar-refractivity contribution >= 4 is 17.6 Å². The average molecular weight is 408 g/mol. The molecule has 1 saturated heterocycles. The maximum Gasteiger partial charge on any atom is 0.306 e. The van der Waals surface area contributed by atoms with Gasteiger partial charge in [-0.2, -0.15) is 5.06 Å². The molecule has 2 aliphatic heterocycles. The van der Waals surface area contributed by atoms with Crippen molar-refractivity contribution in [1.29, 1.82) is 0 Å². The number of carbonyl (C=O) groups excluding carboxylic acids is 2. The predicted molar refractivity (Wildman–Crippen MR) is 113 cm³/mol. The lowest BCUT2D eigenvalue weighted by Crippen LogP contribution is -2.52. The molecule has 0 aromatic heterocycles. The highest BCUT2D eigenvalue weighted by atomic mass is 16.7. The normalized spacial score (nSPS) is 24.0. The monoisotopic (exact) mass is 408 g/mol. The highest BCUT2D eigenvalue weighted by molar-refractivity contribution is 5.92. The molecule has 1 amide bonds. The largest absolute Gasteiger partial charge is 0.466 e. The second kappa shape index (κ2) is 7.43. The van der Waals surface area contributed by atoms with Gasteiger partial charge in [0.1, 0.15) is 12.8 Å². The van der Waals surface area contributed by atoms with E-state index in [1.54, 1.807) is 6.92 Å². The van der Waals surface area contributed by atoms with Crippen LogP contribution in [0.4, 0.5) is 5.69 Å². The maximum atomic E-state index is 13.6. The lowest BCUT2D eigenvalue weighted by Gasteiger charge is -2.39. The van der Waals surface area contributed by atoms with Crippen LogP contribution in [0.3, 0.4) is 0 Å². The Bertz CT molecular complexity index is 959. The zero-order valence-electron chi connectivity index (χ0n) is 17.9. The van der Waals surface area contributed by atoms with Crippen molar-refractivity contribution in [3.63, 3.8) is 0 Å². The Labute approximate surface area is 177 Å². The average Bonchev–Trinajstić information content (AvgIpc) is 3.08. The van der Waals surface area contributed by atoms with E-state index in [0.29, 0.717) is 6.61 Å². The number of amides is 1. The summed E-state index contributed by atoms with van der Waals surface area (Å²) in [4.78, 5) is 34.5. The van der Waals surface area contributed by atoms with Crippen LogP contribution in [0, 0.1) is 5.41 Å². The van der Waals surface area contributed by atoms with E-state index in [2.05, 4.69) is 0 Å². The van der Waals surface area contributed by atoms with Gasteiger partial charge in [0.05, 0.1) is 23.9 Å². The zero-order chi connectivity index (χ0) is 21.5. The number of hydrogen-bond donors (Lipinski definition) is 0. The molecule has 2 aromatic rings. The van der Waals surface area contributed by atoms with Gasteiger partial charge in [-0.3, -0.25) is 14.4 Å². The maximum absolute atomic E-state index is 13.6. The van der Waals surface area contributed by atoms with E-state index in [-0.39, 0.29) is 24.9 Å². The molecule has 2 aliphatic rings. The summed E-state index contributed by atoms with van der Waals surface area (Å²) in [5, 5.41) is 1.48. The number of ether oxygens (including phenoxy) is 1. The molecule has 30 heavy (non-hydrogen) atoms. The van der Waals surface area contributed by atoms with Crippen molar-refractivity contribution in [2.45, 2.75) is 45.4 Å². The van der Waals surface area contributed by atoms with E-state index in [1.807, 2.05) is 80.4 Å². The summed E-state index contributed by atoms with van der Waals surface area (Å²) in [5.41, 5.74) is 1.32. The molecule has 6 nitrogen and oxygen atoms in total. The lowest BCUT2D eigenvalue weighted by molar-refractivity contribution is -0.198. The molecule has 2 atom stereocenters. The number of fused-ring (bicyclic) bond motifs is 3. The van der Waals surface area contributed by atoms with Crippen molar-refractivity contribution in [3.05, 3.63) is 65.7 Å². The van der Waals surface area contributed by atoms with Gasteiger partial charge >= 0.3 is 5.97 Å². The number of nitrogens with zero attached hydrogens (tertiary/aromatic N) is 2. The first-order chi connectivity index (χ1) is 14.3. The van der Waals surface area contributed by atoms with Gasteiger partial charge in [-0.15, -0.1) is 0 Å². The van der Waals surface area contributed by atoms with E-state index in [0.717, 1.165) is 16.8 Å². The Morgan fingerprint density at radius 3 is 2.43 bits per heavy atom. The predicted octanol–water partition coefficient (Wildman–Crippen LogP) is 3.65. The Hall–Kier alpha value is -2.86. The van der Waals surface area contributed by atoms with Gasteiger partial charge in [0.15, 0.2) is 0 Å². The van der Waals surface area contributed by atoms with Crippen LogP contribution in [-0.4, -0.2) is 36.8 Å². The second-order valence-corrected chi connectivity index (χ2v) is 8.47. The summed E-state index contributed by atoms with van der Waals surface area (Å²) in [7, 11) is 1.95. The van der Waals surface area contributed by atoms with Gasteiger partial charge in [-0.1, -0.05) is 48.5 Å². The minimum absolute atomic E-state index is 0.108. The number of carbonyl (C=O) groups is 2. The fourth-order valence-electron chi connectivity index (χ4n) is 5.05. The molecular weight excluding hydrogens is 380 g/mol. The zero-order valence-corrected chi connectivity index (χ0v) is 17.9. The third-order valence-corrected chi connectivity index (χ3v) is 6.59. The Balaban J connectivity index is 1.78. The Kier molecular flexibility index (Phi) is 5.06. The molecule has 0 spiro atoms. The number of rotatable bonds is 6. The number of esters is 1. The third-order valence-electron chi connectivity index (χ3n) is 6.59. The number of hydroxylamine groups is 2. The van der Waals surface area contributed by atoms with E-state index >= 15 is 0 Å². The first-order valence-electron chi connectivity index (χ1n) is 10.3. The Morgan fingerprint density at radius 1 is 1.07 bits per heavy atom. The second-order valence-electron chi connectivity index (χ2n) is 8.47. The fourth-order valence-corrected chi connectivity index (χ4v) is 5.05. The lowest BCUT2D eigenvalue weighted by atomic mass is 9.61. The molecule has 4 rings (SSSR count). The standard InChI is InChI=1S/C24H28N2O4/c1-5-29-20(27)15-24-18-13-9-10-14-19(18)25(4)21(24)26(22(28)23(24,2)3)30-16-17-11-7-6-8-12-17/h6-14,21H,5,15-16H2,1-4H3/t21-,24-/m0/s1. The summed E-state index contributed by atoms with van der Waals surface area (Å²) in [6.07, 6.45) is -0.331. The van der Waals surface area contributed by atoms with E-state index in [1.165, 1.54) is 5.06 Å². The topological polar surface area (TPSA) is 59.1 Å². The van der Waals surface area contributed by atoms with E-state index in [4.69, 9.17) is 9.57 Å². The van der Waals surface area contributed by atoms with Crippen molar-refractivity contribution < 1.29 is 19.2 Å². The molecule has 6 heteroatoms. The number of para-hydroxylation sites is 1. The summed E-state index contributed by atoms with van der Waals surface area (Å²) in [6, 6.07) is 17.7. The molecule has 1 fully saturated rings. The van der Waals surface area contributed by atoms with Crippen LogP contribution in [-0.2, 0) is 31.2 Å². The van der Waals surface area contributed by atoms with E-state index < -0.39 is 17.0 Å². The highest BCUT2D eigenvalue weighted by Gasteiger charge is 2.71. The van der Waals surface area contributed by atoms with Crippen LogP contribution in [0.15, 0.2) is 54.6 Å². The number of anilines is 1. The number of likely N-dealkylation sites (N-methyl/N-ethyl adjacent to an activating group) is 1. The summed E-state index contributed by atoms with van der Waals surface area (Å²) in [5.74, 6) is -0.438. The van der Waals surface area contributed by atoms with Crippen LogP contribution >= 0.6 is 0 Å². The van der Waals surface area contributed by atoms with Crippen LogP contribution in [0.1, 0.15) is 38.3 Å². The van der Waals surface area contributed by atoms with Gasteiger partial charge in [-0.25, -0.2) is 0 Å². The number of hydrogen-bond acceptors (Lipinski definition) is 5. The highest BCUT2D eigenvalue weighted by Crippen LogP contribution is 2.62. The van der Waals surface area contributed by atoms with Crippen LogP contribution in [0.25, 0.3) is 0 Å². The van der Waals surface area contributed by atoms with Crippen molar-refractivity contribution in [2.24, 2.45) is 5.41 Å². The van der Waals surface area contributed by atoms with Gasteiger partial charge < -0.3 is 9.64 Å². The quantitative estimate of drug-likeness (QED) is 0.683. The molecule has 0 saturated carbocycles. The van der Waals surface area contributed by atoms with Crippen LogP contribution in [0.5, 0.6) is 0 Å². The van der Waals surface area contributed by atoms with Gasteiger partial charge in [-0.05, 0) is 38.0 Å². The summed E-state index contributed by atoms with van der Waals surface area (Å²) < 4.78 is 5.32. The minimum atomic E-state index is -0.859. The molecule has 0 unspecified atom stereocenters. The molecule has 0 bridgehead atoms. The minimum Gasteiger partial charge on any atom is -0.466 e. The number of benzene rings is 2. The smallest absolute Gasteiger partial charge is 0.306 e. The van der Waals surface area contributed by atoms with E-state index in [9.17, 15) is 9.59 Å².